The summed E-state index contributed by atoms with van der Waals surface area (Å²) in [7, 11) is 0. The van der Waals surface area contributed by atoms with Crippen LogP contribution in [0.15, 0.2) is 58.8 Å². The minimum absolute atomic E-state index is 0.0553. The second-order valence-corrected chi connectivity index (χ2v) is 8.65. The van der Waals surface area contributed by atoms with Gasteiger partial charge in [0.2, 0.25) is 0 Å². The Balaban J connectivity index is 2.11. The standard InChI is InChI=1S/C26H31N3O2/c1-6-8-16-29-24(30)19(18(3)20(17-27)25(29)31)13-14-23-26(4,5)21-11-9-10-12-22(21)28(23)15-7-2/h9-14H,6-8,15-16H2,1-5H3/b19-13-,23-14+. The van der Waals surface area contributed by atoms with Gasteiger partial charge in [-0.2, -0.15) is 5.26 Å². The van der Waals surface area contributed by atoms with Crippen LogP contribution in [-0.4, -0.2) is 29.8 Å². The summed E-state index contributed by atoms with van der Waals surface area (Å²) in [4.78, 5) is 29.3. The lowest BCUT2D eigenvalue weighted by atomic mass is 9.83. The van der Waals surface area contributed by atoms with Crippen LogP contribution in [0.25, 0.3) is 0 Å². The van der Waals surface area contributed by atoms with E-state index < -0.39 is 5.91 Å². The minimum Gasteiger partial charge on any atom is -0.344 e. The van der Waals surface area contributed by atoms with Crippen molar-refractivity contribution in [2.75, 3.05) is 18.0 Å². The van der Waals surface area contributed by atoms with Crippen molar-refractivity contribution >= 4 is 17.5 Å². The van der Waals surface area contributed by atoms with E-state index in [1.807, 2.05) is 25.1 Å². The first-order valence-electron chi connectivity index (χ1n) is 11.1. The highest BCUT2D eigenvalue weighted by atomic mass is 16.2. The van der Waals surface area contributed by atoms with Crippen molar-refractivity contribution in [1.29, 1.82) is 5.26 Å². The van der Waals surface area contributed by atoms with Gasteiger partial charge in [0.05, 0.1) is 0 Å². The van der Waals surface area contributed by atoms with E-state index in [0.29, 0.717) is 17.7 Å². The van der Waals surface area contributed by atoms with E-state index in [1.54, 1.807) is 13.0 Å². The van der Waals surface area contributed by atoms with E-state index in [0.717, 1.165) is 31.5 Å². The van der Waals surface area contributed by atoms with Gasteiger partial charge < -0.3 is 4.90 Å². The summed E-state index contributed by atoms with van der Waals surface area (Å²) in [5.41, 5.74) is 4.28. The first kappa shape index (κ1) is 22.6. The normalized spacial score (nSPS) is 20.6. The number of hydrogen-bond donors (Lipinski definition) is 0. The molecule has 0 bridgehead atoms. The molecular weight excluding hydrogens is 386 g/mol. The molecule has 5 nitrogen and oxygen atoms in total. The predicted octanol–water partition coefficient (Wildman–Crippen LogP) is 5.01. The molecule has 0 saturated heterocycles. The van der Waals surface area contributed by atoms with Crippen LogP contribution < -0.4 is 4.90 Å². The largest absolute Gasteiger partial charge is 0.344 e. The zero-order chi connectivity index (χ0) is 22.8. The van der Waals surface area contributed by atoms with Crippen LogP contribution in [0.4, 0.5) is 5.69 Å². The molecule has 5 heteroatoms. The highest BCUT2D eigenvalue weighted by molar-refractivity contribution is 6.18. The van der Waals surface area contributed by atoms with Crippen LogP contribution in [0, 0.1) is 11.3 Å². The van der Waals surface area contributed by atoms with Gasteiger partial charge in [-0.25, -0.2) is 0 Å². The number of unbranched alkanes of at least 4 members (excludes halogenated alkanes) is 1. The SMILES string of the molecule is CCCCN1C(=O)C(C#N)=C(C)/C(=C/C=C2/N(CCC)c3ccccc3C2(C)C)C1=O. The molecule has 0 fully saturated rings. The molecule has 0 radical (unpaired) electrons. The molecule has 0 N–H and O–H groups in total. The second-order valence-electron chi connectivity index (χ2n) is 8.65. The molecule has 1 aromatic rings. The van der Waals surface area contributed by atoms with Crippen LogP contribution in [0.3, 0.4) is 0 Å². The smallest absolute Gasteiger partial charge is 0.271 e. The predicted molar refractivity (Wildman–Crippen MR) is 123 cm³/mol. The third-order valence-electron chi connectivity index (χ3n) is 6.22. The van der Waals surface area contributed by atoms with Crippen molar-refractivity contribution in [3.63, 3.8) is 0 Å². The Labute approximate surface area is 185 Å². The zero-order valence-electron chi connectivity index (χ0n) is 19.2. The average Bonchev–Trinajstić information content (AvgIpc) is 2.95. The lowest BCUT2D eigenvalue weighted by Crippen LogP contribution is -2.43. The number of hydrogen-bond acceptors (Lipinski definition) is 4. The number of anilines is 1. The van der Waals surface area contributed by atoms with E-state index in [-0.39, 0.29) is 16.9 Å². The quantitative estimate of drug-likeness (QED) is 0.482. The van der Waals surface area contributed by atoms with Crippen molar-refractivity contribution in [3.8, 4) is 6.07 Å². The van der Waals surface area contributed by atoms with Crippen LogP contribution >= 0.6 is 0 Å². The molecule has 0 unspecified atom stereocenters. The number of imide groups is 1. The zero-order valence-corrected chi connectivity index (χ0v) is 19.2. The monoisotopic (exact) mass is 417 g/mol. The maximum atomic E-state index is 13.2. The molecule has 162 valence electrons. The van der Waals surface area contributed by atoms with Gasteiger partial charge in [-0.15, -0.1) is 0 Å². The lowest BCUT2D eigenvalue weighted by Gasteiger charge is -2.28. The number of nitrogens with zero attached hydrogens (tertiary/aromatic N) is 3. The molecule has 2 heterocycles. The summed E-state index contributed by atoms with van der Waals surface area (Å²) in [5.74, 6) is -0.799. The Bertz CT molecular complexity index is 1040. The first-order chi connectivity index (χ1) is 14.8. The van der Waals surface area contributed by atoms with E-state index in [9.17, 15) is 14.9 Å². The fourth-order valence-electron chi connectivity index (χ4n) is 4.44. The van der Waals surface area contributed by atoms with Crippen LogP contribution in [0.1, 0.15) is 59.4 Å². The highest BCUT2D eigenvalue weighted by Crippen LogP contribution is 2.47. The topological polar surface area (TPSA) is 64.4 Å². The third-order valence-corrected chi connectivity index (χ3v) is 6.22. The molecule has 0 aliphatic carbocycles. The van der Waals surface area contributed by atoms with Gasteiger partial charge in [0.1, 0.15) is 11.6 Å². The van der Waals surface area contributed by atoms with Gasteiger partial charge in [-0.05, 0) is 49.1 Å². The Hall–Kier alpha value is -3.13. The summed E-state index contributed by atoms with van der Waals surface area (Å²) in [5, 5.41) is 9.55. The van der Waals surface area contributed by atoms with Gasteiger partial charge in [0.15, 0.2) is 0 Å². The number of allylic oxidation sites excluding steroid dienone is 3. The molecule has 2 aliphatic heterocycles. The van der Waals surface area contributed by atoms with Crippen molar-refractivity contribution in [2.24, 2.45) is 0 Å². The van der Waals surface area contributed by atoms with E-state index in [1.165, 1.54) is 16.2 Å². The Morgan fingerprint density at radius 3 is 2.35 bits per heavy atom. The van der Waals surface area contributed by atoms with E-state index >= 15 is 0 Å². The number of rotatable bonds is 6. The number of benzene rings is 1. The Morgan fingerprint density at radius 2 is 1.71 bits per heavy atom. The highest BCUT2D eigenvalue weighted by Gasteiger charge is 2.40. The molecule has 2 aliphatic rings. The third kappa shape index (κ3) is 3.83. The lowest BCUT2D eigenvalue weighted by molar-refractivity contribution is -0.140. The van der Waals surface area contributed by atoms with E-state index in [4.69, 9.17) is 0 Å². The van der Waals surface area contributed by atoms with Crippen LogP contribution in [0.5, 0.6) is 0 Å². The maximum absolute atomic E-state index is 13.2. The number of carbonyl (C=O) groups is 2. The van der Waals surface area contributed by atoms with E-state index in [2.05, 4.69) is 43.9 Å². The molecule has 31 heavy (non-hydrogen) atoms. The van der Waals surface area contributed by atoms with Gasteiger partial charge >= 0.3 is 0 Å². The molecular formula is C26H31N3O2. The molecule has 1 aromatic carbocycles. The minimum atomic E-state index is -0.482. The maximum Gasteiger partial charge on any atom is 0.271 e. The average molecular weight is 418 g/mol. The van der Waals surface area contributed by atoms with Crippen LogP contribution in [-0.2, 0) is 15.0 Å². The Morgan fingerprint density at radius 1 is 1.00 bits per heavy atom. The molecule has 2 amide bonds. The summed E-state index contributed by atoms with van der Waals surface area (Å²) in [6.07, 6.45) is 6.37. The van der Waals surface area contributed by atoms with Crippen molar-refractivity contribution in [1.82, 2.24) is 4.90 Å². The number of amides is 2. The number of nitriles is 1. The summed E-state index contributed by atoms with van der Waals surface area (Å²) < 4.78 is 0. The second kappa shape index (κ2) is 8.93. The molecule has 0 saturated carbocycles. The number of carbonyl (C=O) groups excluding carboxylic acids is 2. The molecule has 0 aromatic heterocycles. The Kier molecular flexibility index (Phi) is 6.50. The van der Waals surface area contributed by atoms with Gasteiger partial charge in [0.25, 0.3) is 11.8 Å². The summed E-state index contributed by atoms with van der Waals surface area (Å²) in [6, 6.07) is 10.4. The van der Waals surface area contributed by atoms with Gasteiger partial charge in [-0.3, -0.25) is 14.5 Å². The van der Waals surface area contributed by atoms with Crippen LogP contribution in [0.2, 0.25) is 0 Å². The van der Waals surface area contributed by atoms with Crippen molar-refractivity contribution < 1.29 is 9.59 Å². The first-order valence-corrected chi connectivity index (χ1v) is 11.1. The summed E-state index contributed by atoms with van der Waals surface area (Å²) >= 11 is 0. The summed E-state index contributed by atoms with van der Waals surface area (Å²) in [6.45, 7) is 11.4. The fourth-order valence-corrected chi connectivity index (χ4v) is 4.44. The van der Waals surface area contributed by atoms with Gasteiger partial charge in [0, 0.05) is 35.5 Å². The molecule has 0 spiro atoms. The fraction of sp³-hybridized carbons (Fsp3) is 0.423. The van der Waals surface area contributed by atoms with Crippen molar-refractivity contribution in [3.05, 3.63) is 64.4 Å². The van der Waals surface area contributed by atoms with Crippen molar-refractivity contribution in [2.45, 2.75) is 59.3 Å². The number of fused-ring (bicyclic) bond motifs is 1. The van der Waals surface area contributed by atoms with Gasteiger partial charge in [-0.1, -0.05) is 52.3 Å². The molecule has 0 atom stereocenters. The molecule has 3 rings (SSSR count). The number of para-hydroxylation sites is 1.